The molecule has 0 saturated carbocycles. The van der Waals surface area contributed by atoms with Crippen molar-refractivity contribution < 1.29 is 5.11 Å². The molecule has 1 rings (SSSR count). The quantitative estimate of drug-likeness (QED) is 0.522. The lowest BCUT2D eigenvalue weighted by atomic mass is 10.5. The Bertz CT molecular complexity index is 294. The molecule has 0 unspecified atom stereocenters. The van der Waals surface area contributed by atoms with Gasteiger partial charge in [0.2, 0.25) is 5.88 Å². The number of nitrogens with one attached hydrogen (secondary N) is 2. The van der Waals surface area contributed by atoms with E-state index >= 15 is 0 Å². The molecule has 0 amide bonds. The highest BCUT2D eigenvalue weighted by molar-refractivity contribution is 5.06. The fraction of sp³-hybridized carbons (Fsp3) is 0.333. The van der Waals surface area contributed by atoms with Gasteiger partial charge in [-0.3, -0.25) is 4.79 Å². The van der Waals surface area contributed by atoms with Crippen LogP contribution in [0.2, 0.25) is 0 Å². The van der Waals surface area contributed by atoms with Gasteiger partial charge in [0.1, 0.15) is 5.82 Å². The minimum Gasteiger partial charge on any atom is -0.493 e. The van der Waals surface area contributed by atoms with E-state index in [1.54, 1.807) is 7.05 Å². The van der Waals surface area contributed by atoms with Crippen molar-refractivity contribution in [1.29, 1.82) is 0 Å². The molecule has 5 heteroatoms. The summed E-state index contributed by atoms with van der Waals surface area (Å²) in [7, 11) is 1.73. The molecular formula is C6H9N3O2. The predicted octanol–water partition coefficient (Wildman–Crippen LogP) is -0.805. The number of aromatic hydroxyl groups is 1. The Kier molecular flexibility index (Phi) is 2.22. The van der Waals surface area contributed by atoms with E-state index in [9.17, 15) is 4.79 Å². The van der Waals surface area contributed by atoms with Crippen LogP contribution in [-0.2, 0) is 6.54 Å². The van der Waals surface area contributed by atoms with Crippen LogP contribution >= 0.6 is 0 Å². The molecule has 0 radical (unpaired) electrons. The monoisotopic (exact) mass is 155 g/mol. The van der Waals surface area contributed by atoms with Crippen molar-refractivity contribution in [2.45, 2.75) is 6.54 Å². The van der Waals surface area contributed by atoms with Crippen LogP contribution in [0.3, 0.4) is 0 Å². The van der Waals surface area contributed by atoms with E-state index in [2.05, 4.69) is 15.3 Å². The average Bonchev–Trinajstić information content (AvgIpc) is 1.85. The van der Waals surface area contributed by atoms with Gasteiger partial charge in [0, 0.05) is 0 Å². The van der Waals surface area contributed by atoms with Crippen LogP contribution < -0.4 is 10.9 Å². The molecule has 1 heterocycles. The molecule has 11 heavy (non-hydrogen) atoms. The maximum Gasteiger partial charge on any atom is 0.254 e. The zero-order chi connectivity index (χ0) is 8.27. The normalized spacial score (nSPS) is 9.91. The van der Waals surface area contributed by atoms with Gasteiger partial charge >= 0.3 is 0 Å². The van der Waals surface area contributed by atoms with E-state index in [1.807, 2.05) is 0 Å². The summed E-state index contributed by atoms with van der Waals surface area (Å²) in [6, 6.07) is 1.03. The molecule has 0 aliphatic heterocycles. The summed E-state index contributed by atoms with van der Waals surface area (Å²) in [5.74, 6) is 0.177. The van der Waals surface area contributed by atoms with Gasteiger partial charge in [-0.05, 0) is 7.05 Å². The second kappa shape index (κ2) is 3.16. The van der Waals surface area contributed by atoms with Crippen LogP contribution in [0.4, 0.5) is 0 Å². The Morgan fingerprint density at radius 1 is 1.82 bits per heavy atom. The highest BCUT2D eigenvalue weighted by atomic mass is 16.3. The molecule has 0 aromatic carbocycles. The molecule has 1 aromatic heterocycles. The summed E-state index contributed by atoms with van der Waals surface area (Å²) in [5, 5.41) is 11.7. The number of hydrogen-bond donors (Lipinski definition) is 3. The van der Waals surface area contributed by atoms with E-state index in [1.165, 1.54) is 0 Å². The van der Waals surface area contributed by atoms with Crippen molar-refractivity contribution in [3.63, 3.8) is 0 Å². The summed E-state index contributed by atoms with van der Waals surface area (Å²) in [5.41, 5.74) is -0.345. The van der Waals surface area contributed by atoms with Crippen LogP contribution in [0.15, 0.2) is 10.9 Å². The molecule has 0 atom stereocenters. The molecular weight excluding hydrogens is 146 g/mol. The standard InChI is InChI=1S/C6H9N3O2/c1-7-3-4-8-5(10)2-6(11)9-4/h2,7H,3H2,1H3,(H2,8,9,10,11). The maximum absolute atomic E-state index is 10.7. The fourth-order valence-electron chi connectivity index (χ4n) is 0.745. The molecule has 0 fully saturated rings. The fourth-order valence-corrected chi connectivity index (χ4v) is 0.745. The highest BCUT2D eigenvalue weighted by Gasteiger charge is 1.96. The van der Waals surface area contributed by atoms with Gasteiger partial charge in [0.05, 0.1) is 12.6 Å². The first-order valence-electron chi connectivity index (χ1n) is 3.16. The molecule has 0 bridgehead atoms. The van der Waals surface area contributed by atoms with Gasteiger partial charge < -0.3 is 15.4 Å². The van der Waals surface area contributed by atoms with Crippen LogP contribution in [0.1, 0.15) is 5.82 Å². The first-order chi connectivity index (χ1) is 5.22. The summed E-state index contributed by atoms with van der Waals surface area (Å²) in [6.45, 7) is 0.434. The summed E-state index contributed by atoms with van der Waals surface area (Å²) in [4.78, 5) is 16.8. The highest BCUT2D eigenvalue weighted by Crippen LogP contribution is 1.96. The molecule has 3 N–H and O–H groups in total. The summed E-state index contributed by atoms with van der Waals surface area (Å²) >= 11 is 0. The van der Waals surface area contributed by atoms with Crippen molar-refractivity contribution in [1.82, 2.24) is 15.3 Å². The Morgan fingerprint density at radius 2 is 2.55 bits per heavy atom. The molecule has 5 nitrogen and oxygen atoms in total. The summed E-state index contributed by atoms with van der Waals surface area (Å²) < 4.78 is 0. The third-order valence-electron chi connectivity index (χ3n) is 1.12. The van der Waals surface area contributed by atoms with E-state index in [0.717, 1.165) is 6.07 Å². The van der Waals surface area contributed by atoms with Gasteiger partial charge in [0.25, 0.3) is 5.56 Å². The van der Waals surface area contributed by atoms with Crippen molar-refractivity contribution in [2.24, 2.45) is 0 Å². The zero-order valence-electron chi connectivity index (χ0n) is 6.09. The molecule has 0 aliphatic carbocycles. The van der Waals surface area contributed by atoms with Gasteiger partial charge in [-0.15, -0.1) is 0 Å². The topological polar surface area (TPSA) is 78.0 Å². The predicted molar refractivity (Wildman–Crippen MR) is 39.3 cm³/mol. The molecule has 0 aliphatic rings. The first-order valence-corrected chi connectivity index (χ1v) is 3.16. The number of H-pyrrole nitrogens is 1. The lowest BCUT2D eigenvalue weighted by Crippen LogP contribution is -2.15. The van der Waals surface area contributed by atoms with Gasteiger partial charge in [0.15, 0.2) is 0 Å². The third-order valence-corrected chi connectivity index (χ3v) is 1.12. The molecule has 0 saturated heterocycles. The lowest BCUT2D eigenvalue weighted by Gasteiger charge is -1.97. The maximum atomic E-state index is 10.7. The van der Waals surface area contributed by atoms with Crippen LogP contribution in [0, 0.1) is 0 Å². The number of nitrogens with zero attached hydrogens (tertiary/aromatic N) is 1. The van der Waals surface area contributed by atoms with Crippen LogP contribution in [-0.4, -0.2) is 22.1 Å². The minimum atomic E-state index is -0.345. The number of aromatic amines is 1. The van der Waals surface area contributed by atoms with Crippen molar-refractivity contribution in [3.8, 4) is 5.88 Å². The van der Waals surface area contributed by atoms with Crippen molar-refractivity contribution in [3.05, 3.63) is 22.2 Å². The van der Waals surface area contributed by atoms with Crippen molar-refractivity contribution >= 4 is 0 Å². The molecule has 60 valence electrons. The van der Waals surface area contributed by atoms with E-state index in [4.69, 9.17) is 5.11 Å². The summed E-state index contributed by atoms with van der Waals surface area (Å²) in [6.07, 6.45) is 0. The number of aromatic nitrogens is 2. The smallest absolute Gasteiger partial charge is 0.254 e. The zero-order valence-corrected chi connectivity index (χ0v) is 6.09. The van der Waals surface area contributed by atoms with Crippen LogP contribution in [0.25, 0.3) is 0 Å². The van der Waals surface area contributed by atoms with E-state index in [-0.39, 0.29) is 11.4 Å². The van der Waals surface area contributed by atoms with E-state index < -0.39 is 0 Å². The third kappa shape index (κ3) is 2.05. The Balaban J connectivity index is 2.99. The van der Waals surface area contributed by atoms with Gasteiger partial charge in [-0.1, -0.05) is 0 Å². The molecule has 0 spiro atoms. The molecule has 1 aromatic rings. The van der Waals surface area contributed by atoms with Gasteiger partial charge in [-0.25, -0.2) is 0 Å². The lowest BCUT2D eigenvalue weighted by molar-refractivity contribution is 0.446. The van der Waals surface area contributed by atoms with Crippen LogP contribution in [0.5, 0.6) is 5.88 Å². The first kappa shape index (κ1) is 7.74. The Hall–Kier alpha value is -1.36. The Labute approximate surface area is 63.1 Å². The minimum absolute atomic E-state index is 0.251. The SMILES string of the molecule is CNCc1nc(O)cc(=O)[nH]1. The van der Waals surface area contributed by atoms with Crippen molar-refractivity contribution in [2.75, 3.05) is 7.05 Å². The Morgan fingerprint density at radius 3 is 3.09 bits per heavy atom. The largest absolute Gasteiger partial charge is 0.493 e. The number of rotatable bonds is 2. The van der Waals surface area contributed by atoms with E-state index in [0.29, 0.717) is 12.4 Å². The number of hydrogen-bond acceptors (Lipinski definition) is 4. The second-order valence-electron chi connectivity index (χ2n) is 2.08. The second-order valence-corrected chi connectivity index (χ2v) is 2.08. The average molecular weight is 155 g/mol. The van der Waals surface area contributed by atoms with Gasteiger partial charge in [-0.2, -0.15) is 4.98 Å².